The molecular weight excluding hydrogens is 246 g/mol. The van der Waals surface area contributed by atoms with Crippen molar-refractivity contribution in [2.24, 2.45) is 5.73 Å². The molecule has 0 saturated carbocycles. The number of hydrogen-bond acceptors (Lipinski definition) is 2. The van der Waals surface area contributed by atoms with Crippen molar-refractivity contribution in [3.8, 4) is 5.75 Å². The molecule has 2 nitrogen and oxygen atoms in total. The molecule has 0 amide bonds. The van der Waals surface area contributed by atoms with Crippen LogP contribution >= 0.6 is 11.6 Å². The van der Waals surface area contributed by atoms with E-state index in [1.807, 2.05) is 18.2 Å². The predicted molar refractivity (Wildman–Crippen MR) is 78.5 cm³/mol. The minimum Gasteiger partial charge on any atom is -0.493 e. The fourth-order valence-electron chi connectivity index (χ4n) is 1.95. The molecule has 0 aliphatic heterocycles. The maximum absolute atomic E-state index is 6.15. The third kappa shape index (κ3) is 5.28. The van der Waals surface area contributed by atoms with E-state index in [4.69, 9.17) is 22.1 Å². The normalized spacial score (nSPS) is 10.6. The maximum Gasteiger partial charge on any atom is 0.124 e. The van der Waals surface area contributed by atoms with Gasteiger partial charge in [0.1, 0.15) is 5.75 Å². The molecule has 0 fully saturated rings. The summed E-state index contributed by atoms with van der Waals surface area (Å²) in [7, 11) is 0. The van der Waals surface area contributed by atoms with Crippen LogP contribution in [0.2, 0.25) is 5.02 Å². The summed E-state index contributed by atoms with van der Waals surface area (Å²) >= 11 is 6.15. The van der Waals surface area contributed by atoms with Gasteiger partial charge in [0.25, 0.3) is 0 Å². The first kappa shape index (κ1) is 15.3. The first-order valence-corrected chi connectivity index (χ1v) is 7.27. The Bertz CT molecular complexity index is 341. The van der Waals surface area contributed by atoms with Gasteiger partial charge in [-0.25, -0.2) is 0 Å². The van der Waals surface area contributed by atoms with Gasteiger partial charge in [0.05, 0.1) is 6.61 Å². The lowest BCUT2D eigenvalue weighted by Gasteiger charge is -2.12. The van der Waals surface area contributed by atoms with Gasteiger partial charge in [0, 0.05) is 10.6 Å². The van der Waals surface area contributed by atoms with Gasteiger partial charge in [-0.1, -0.05) is 50.3 Å². The highest BCUT2D eigenvalue weighted by molar-refractivity contribution is 6.31. The van der Waals surface area contributed by atoms with Crippen molar-refractivity contribution in [1.82, 2.24) is 0 Å². The maximum atomic E-state index is 6.15. The summed E-state index contributed by atoms with van der Waals surface area (Å²) in [5.41, 5.74) is 6.63. The predicted octanol–water partition coefficient (Wildman–Crippen LogP) is 4.19. The standard InChI is InChI=1S/C15H24ClNO/c1-2-3-4-5-6-12-18-15-9-7-8-14(16)13(15)10-11-17/h7-9H,2-6,10-12,17H2,1H3. The van der Waals surface area contributed by atoms with E-state index in [1.165, 1.54) is 25.7 Å². The molecule has 0 aliphatic rings. The van der Waals surface area contributed by atoms with Gasteiger partial charge in [-0.3, -0.25) is 0 Å². The summed E-state index contributed by atoms with van der Waals surface area (Å²) < 4.78 is 5.81. The van der Waals surface area contributed by atoms with Crippen molar-refractivity contribution < 1.29 is 4.74 Å². The molecule has 0 heterocycles. The quantitative estimate of drug-likeness (QED) is 0.682. The lowest BCUT2D eigenvalue weighted by atomic mass is 10.1. The van der Waals surface area contributed by atoms with Crippen molar-refractivity contribution in [2.45, 2.75) is 45.4 Å². The topological polar surface area (TPSA) is 35.2 Å². The monoisotopic (exact) mass is 269 g/mol. The Kier molecular flexibility index (Phi) is 7.86. The van der Waals surface area contributed by atoms with Gasteiger partial charge in [-0.15, -0.1) is 0 Å². The highest BCUT2D eigenvalue weighted by Crippen LogP contribution is 2.26. The molecule has 0 unspecified atom stereocenters. The van der Waals surface area contributed by atoms with Crippen LogP contribution in [0.1, 0.15) is 44.6 Å². The fraction of sp³-hybridized carbons (Fsp3) is 0.600. The van der Waals surface area contributed by atoms with Crippen LogP contribution in [0.5, 0.6) is 5.75 Å². The number of nitrogens with two attached hydrogens (primary N) is 1. The minimum atomic E-state index is 0.594. The number of hydrogen-bond donors (Lipinski definition) is 1. The second kappa shape index (κ2) is 9.23. The van der Waals surface area contributed by atoms with Crippen molar-refractivity contribution in [1.29, 1.82) is 0 Å². The van der Waals surface area contributed by atoms with Gasteiger partial charge in [0.2, 0.25) is 0 Å². The molecule has 1 rings (SSSR count). The number of halogens is 1. The van der Waals surface area contributed by atoms with Crippen LogP contribution in [0.4, 0.5) is 0 Å². The molecule has 1 aromatic rings. The summed E-state index contributed by atoms with van der Waals surface area (Å²) in [5, 5.41) is 0.754. The highest BCUT2D eigenvalue weighted by atomic mass is 35.5. The van der Waals surface area contributed by atoms with E-state index in [0.717, 1.165) is 35.8 Å². The lowest BCUT2D eigenvalue weighted by molar-refractivity contribution is 0.301. The van der Waals surface area contributed by atoms with E-state index < -0.39 is 0 Å². The number of unbranched alkanes of at least 4 members (excludes halogenated alkanes) is 4. The van der Waals surface area contributed by atoms with Crippen molar-refractivity contribution >= 4 is 11.6 Å². The molecule has 3 heteroatoms. The second-order valence-corrected chi connectivity index (χ2v) is 4.93. The van der Waals surface area contributed by atoms with Gasteiger partial charge >= 0.3 is 0 Å². The van der Waals surface area contributed by atoms with Crippen LogP contribution < -0.4 is 10.5 Å². The molecule has 0 atom stereocenters. The molecule has 0 spiro atoms. The average Bonchev–Trinajstić information content (AvgIpc) is 2.37. The fourth-order valence-corrected chi connectivity index (χ4v) is 2.21. The Labute approximate surface area is 115 Å². The van der Waals surface area contributed by atoms with Gasteiger partial charge in [-0.2, -0.15) is 0 Å². The molecule has 0 radical (unpaired) electrons. The van der Waals surface area contributed by atoms with Crippen LogP contribution in [0.25, 0.3) is 0 Å². The van der Waals surface area contributed by atoms with Gasteiger partial charge in [-0.05, 0) is 31.5 Å². The van der Waals surface area contributed by atoms with E-state index in [1.54, 1.807) is 0 Å². The lowest BCUT2D eigenvalue weighted by Crippen LogP contribution is -2.06. The summed E-state index contributed by atoms with van der Waals surface area (Å²) in [5.74, 6) is 0.892. The van der Waals surface area contributed by atoms with Gasteiger partial charge < -0.3 is 10.5 Å². The van der Waals surface area contributed by atoms with Crippen molar-refractivity contribution in [2.75, 3.05) is 13.2 Å². The summed E-state index contributed by atoms with van der Waals surface area (Å²) in [4.78, 5) is 0. The zero-order valence-electron chi connectivity index (χ0n) is 11.3. The molecule has 1 aromatic carbocycles. The molecule has 0 bridgehead atoms. The molecule has 2 N–H and O–H groups in total. The smallest absolute Gasteiger partial charge is 0.124 e. The first-order valence-electron chi connectivity index (χ1n) is 6.89. The largest absolute Gasteiger partial charge is 0.493 e. The van der Waals surface area contributed by atoms with E-state index in [2.05, 4.69) is 6.92 Å². The van der Waals surface area contributed by atoms with Gasteiger partial charge in [0.15, 0.2) is 0 Å². The third-order valence-corrected chi connectivity index (χ3v) is 3.33. The van der Waals surface area contributed by atoms with Crippen LogP contribution in [0.3, 0.4) is 0 Å². The first-order chi connectivity index (χ1) is 8.79. The van der Waals surface area contributed by atoms with E-state index in [-0.39, 0.29) is 0 Å². The summed E-state index contributed by atoms with van der Waals surface area (Å²) in [6, 6.07) is 5.79. The molecule has 102 valence electrons. The Morgan fingerprint density at radius 3 is 2.67 bits per heavy atom. The molecule has 0 aromatic heterocycles. The van der Waals surface area contributed by atoms with Crippen LogP contribution in [0.15, 0.2) is 18.2 Å². The molecular formula is C15H24ClNO. The van der Waals surface area contributed by atoms with Crippen LogP contribution in [-0.2, 0) is 6.42 Å². The molecule has 0 saturated heterocycles. The molecule has 0 aliphatic carbocycles. The third-order valence-electron chi connectivity index (χ3n) is 2.98. The average molecular weight is 270 g/mol. The second-order valence-electron chi connectivity index (χ2n) is 4.52. The Morgan fingerprint density at radius 1 is 1.17 bits per heavy atom. The SMILES string of the molecule is CCCCCCCOc1cccc(Cl)c1CCN. The van der Waals surface area contributed by atoms with E-state index in [9.17, 15) is 0 Å². The number of ether oxygens (including phenoxy) is 1. The minimum absolute atomic E-state index is 0.594. The Hall–Kier alpha value is -0.730. The Balaban J connectivity index is 2.39. The molecule has 18 heavy (non-hydrogen) atoms. The summed E-state index contributed by atoms with van der Waals surface area (Å²) in [6.45, 7) is 3.58. The van der Waals surface area contributed by atoms with Crippen LogP contribution in [0, 0.1) is 0 Å². The number of rotatable bonds is 9. The van der Waals surface area contributed by atoms with Crippen molar-refractivity contribution in [3.63, 3.8) is 0 Å². The van der Waals surface area contributed by atoms with E-state index >= 15 is 0 Å². The Morgan fingerprint density at radius 2 is 1.94 bits per heavy atom. The van der Waals surface area contributed by atoms with E-state index in [0.29, 0.717) is 6.54 Å². The highest BCUT2D eigenvalue weighted by Gasteiger charge is 2.07. The zero-order valence-corrected chi connectivity index (χ0v) is 12.0. The zero-order chi connectivity index (χ0) is 13.2. The summed E-state index contributed by atoms with van der Waals surface area (Å²) in [6.07, 6.45) is 7.00. The van der Waals surface area contributed by atoms with Crippen molar-refractivity contribution in [3.05, 3.63) is 28.8 Å². The van der Waals surface area contributed by atoms with Crippen LogP contribution in [-0.4, -0.2) is 13.2 Å². The number of benzene rings is 1.